The fraction of sp³-hybridized carbons (Fsp3) is 0.647. The summed E-state index contributed by atoms with van der Waals surface area (Å²) in [7, 11) is -3.23. The number of rotatable bonds is 3. The van der Waals surface area contributed by atoms with Crippen molar-refractivity contribution in [3.05, 3.63) is 35.9 Å². The van der Waals surface area contributed by atoms with E-state index in [4.69, 9.17) is 4.74 Å². The summed E-state index contributed by atoms with van der Waals surface area (Å²) in [5.41, 5.74) is 0.780. The fourth-order valence-electron chi connectivity index (χ4n) is 3.72. The van der Waals surface area contributed by atoms with Crippen LogP contribution < -0.4 is 0 Å². The molecule has 0 radical (unpaired) electrons. The smallest absolute Gasteiger partial charge is 0.221 e. The number of hydrogen-bond donors (Lipinski definition) is 0. The van der Waals surface area contributed by atoms with Crippen molar-refractivity contribution < 1.29 is 13.2 Å². The molecule has 0 spiro atoms. The lowest BCUT2D eigenvalue weighted by molar-refractivity contribution is -0.0740. The third-order valence-electron chi connectivity index (χ3n) is 4.79. The first-order valence-electron chi connectivity index (χ1n) is 8.06. The highest BCUT2D eigenvalue weighted by Gasteiger charge is 2.41. The van der Waals surface area contributed by atoms with Crippen LogP contribution in [-0.2, 0) is 14.8 Å². The van der Waals surface area contributed by atoms with Gasteiger partial charge in [0.05, 0.1) is 5.60 Å². The molecule has 0 N–H and O–H groups in total. The van der Waals surface area contributed by atoms with E-state index in [1.54, 1.807) is 4.31 Å². The molecular formula is C17H25NO3S. The van der Waals surface area contributed by atoms with Crippen molar-refractivity contribution in [1.29, 1.82) is 0 Å². The Morgan fingerprint density at radius 1 is 1.23 bits per heavy atom. The summed E-state index contributed by atoms with van der Waals surface area (Å²) < 4.78 is 33.1. The standard InChI is InChI=1S/C17H25NO3S/c1-17(2)12-14(9-11-21-17)13-18-10-8-16(22(18,19)20)15-6-4-3-5-7-15/h3-7,14,16H,8-13H2,1-2H3. The fourth-order valence-corrected chi connectivity index (χ4v) is 5.76. The molecule has 2 fully saturated rings. The lowest BCUT2D eigenvalue weighted by atomic mass is 9.88. The predicted octanol–water partition coefficient (Wildman–Crippen LogP) is 2.97. The van der Waals surface area contributed by atoms with E-state index in [1.807, 2.05) is 30.3 Å². The molecule has 2 saturated heterocycles. The van der Waals surface area contributed by atoms with E-state index in [1.165, 1.54) is 0 Å². The van der Waals surface area contributed by atoms with Crippen LogP contribution in [0, 0.1) is 5.92 Å². The largest absolute Gasteiger partial charge is 0.376 e. The SMILES string of the molecule is CC1(C)CC(CN2CCC(c3ccccc3)S2(=O)=O)CCO1. The van der Waals surface area contributed by atoms with Crippen molar-refractivity contribution in [2.75, 3.05) is 19.7 Å². The number of nitrogens with zero attached hydrogens (tertiary/aromatic N) is 1. The van der Waals surface area contributed by atoms with Gasteiger partial charge in [0.15, 0.2) is 0 Å². The molecule has 2 heterocycles. The second kappa shape index (κ2) is 5.95. The molecule has 2 aliphatic heterocycles. The van der Waals surface area contributed by atoms with Gasteiger partial charge in [0.2, 0.25) is 10.0 Å². The van der Waals surface area contributed by atoms with Gasteiger partial charge in [0.1, 0.15) is 5.25 Å². The molecule has 5 heteroatoms. The first kappa shape index (κ1) is 16.0. The van der Waals surface area contributed by atoms with Gasteiger partial charge in [-0.3, -0.25) is 0 Å². The van der Waals surface area contributed by atoms with Gasteiger partial charge >= 0.3 is 0 Å². The Hall–Kier alpha value is -0.910. The van der Waals surface area contributed by atoms with E-state index in [0.29, 0.717) is 25.4 Å². The highest BCUT2D eigenvalue weighted by molar-refractivity contribution is 7.89. The van der Waals surface area contributed by atoms with Crippen molar-refractivity contribution in [2.24, 2.45) is 5.92 Å². The van der Waals surface area contributed by atoms with Crippen molar-refractivity contribution in [3.63, 3.8) is 0 Å². The Balaban J connectivity index is 1.71. The van der Waals surface area contributed by atoms with Gasteiger partial charge < -0.3 is 4.74 Å². The molecule has 2 unspecified atom stereocenters. The summed E-state index contributed by atoms with van der Waals surface area (Å²) >= 11 is 0. The average molecular weight is 323 g/mol. The van der Waals surface area contributed by atoms with Crippen LogP contribution >= 0.6 is 0 Å². The summed E-state index contributed by atoms with van der Waals surface area (Å²) in [6, 6.07) is 9.59. The second-order valence-electron chi connectivity index (χ2n) is 7.06. The zero-order valence-electron chi connectivity index (χ0n) is 13.4. The van der Waals surface area contributed by atoms with Crippen LogP contribution in [0.4, 0.5) is 0 Å². The van der Waals surface area contributed by atoms with Crippen LogP contribution in [0.25, 0.3) is 0 Å². The summed E-state index contributed by atoms with van der Waals surface area (Å²) in [4.78, 5) is 0. The van der Waals surface area contributed by atoms with E-state index >= 15 is 0 Å². The predicted molar refractivity (Wildman–Crippen MR) is 87.0 cm³/mol. The Labute approximate surface area is 133 Å². The van der Waals surface area contributed by atoms with Gasteiger partial charge in [0.25, 0.3) is 0 Å². The zero-order chi connectivity index (χ0) is 15.8. The van der Waals surface area contributed by atoms with Crippen molar-refractivity contribution >= 4 is 10.0 Å². The minimum atomic E-state index is -3.23. The molecule has 0 amide bonds. The van der Waals surface area contributed by atoms with E-state index < -0.39 is 10.0 Å². The quantitative estimate of drug-likeness (QED) is 0.859. The minimum Gasteiger partial charge on any atom is -0.376 e. The normalized spacial score (nSPS) is 31.2. The highest BCUT2D eigenvalue weighted by atomic mass is 32.2. The third-order valence-corrected chi connectivity index (χ3v) is 7.07. The Morgan fingerprint density at radius 3 is 2.64 bits per heavy atom. The zero-order valence-corrected chi connectivity index (χ0v) is 14.2. The molecule has 0 aliphatic carbocycles. The second-order valence-corrected chi connectivity index (χ2v) is 9.17. The number of hydrogen-bond acceptors (Lipinski definition) is 3. The Kier molecular flexibility index (Phi) is 4.32. The summed E-state index contributed by atoms with van der Waals surface area (Å²) in [5.74, 6) is 0.396. The molecule has 4 nitrogen and oxygen atoms in total. The van der Waals surface area contributed by atoms with Crippen LogP contribution in [-0.4, -0.2) is 38.0 Å². The molecular weight excluding hydrogens is 298 g/mol. The van der Waals surface area contributed by atoms with Gasteiger partial charge in [-0.15, -0.1) is 0 Å². The molecule has 0 bridgehead atoms. The molecule has 0 aromatic heterocycles. The lowest BCUT2D eigenvalue weighted by Crippen LogP contribution is -2.40. The number of benzene rings is 1. The van der Waals surface area contributed by atoms with Crippen LogP contribution in [0.2, 0.25) is 0 Å². The van der Waals surface area contributed by atoms with Crippen LogP contribution in [0.5, 0.6) is 0 Å². The van der Waals surface area contributed by atoms with Crippen LogP contribution in [0.15, 0.2) is 30.3 Å². The van der Waals surface area contributed by atoms with Gasteiger partial charge in [0, 0.05) is 19.7 Å². The number of sulfonamides is 1. The third kappa shape index (κ3) is 3.21. The molecule has 0 saturated carbocycles. The van der Waals surface area contributed by atoms with Gasteiger partial charge in [-0.1, -0.05) is 30.3 Å². The molecule has 122 valence electrons. The van der Waals surface area contributed by atoms with Crippen molar-refractivity contribution in [3.8, 4) is 0 Å². The molecule has 2 atom stereocenters. The van der Waals surface area contributed by atoms with Gasteiger partial charge in [-0.05, 0) is 44.6 Å². The average Bonchev–Trinajstić information content (AvgIpc) is 2.74. The van der Waals surface area contributed by atoms with Crippen molar-refractivity contribution in [1.82, 2.24) is 4.31 Å². The molecule has 3 rings (SSSR count). The summed E-state index contributed by atoms with van der Waals surface area (Å²) in [6.45, 7) is 6.18. The van der Waals surface area contributed by atoms with Crippen LogP contribution in [0.3, 0.4) is 0 Å². The first-order valence-corrected chi connectivity index (χ1v) is 9.57. The van der Waals surface area contributed by atoms with Gasteiger partial charge in [-0.2, -0.15) is 0 Å². The lowest BCUT2D eigenvalue weighted by Gasteiger charge is -2.36. The molecule has 22 heavy (non-hydrogen) atoms. The monoisotopic (exact) mass is 323 g/mol. The summed E-state index contributed by atoms with van der Waals surface area (Å²) in [5, 5.41) is -0.374. The molecule has 1 aromatic rings. The minimum absolute atomic E-state index is 0.134. The van der Waals surface area contributed by atoms with Gasteiger partial charge in [-0.25, -0.2) is 12.7 Å². The maximum absolute atomic E-state index is 12.8. The molecule has 2 aliphatic rings. The first-order chi connectivity index (χ1) is 10.4. The highest BCUT2D eigenvalue weighted by Crippen LogP contribution is 2.37. The number of ether oxygens (including phenoxy) is 1. The van der Waals surface area contributed by atoms with E-state index in [0.717, 1.165) is 25.0 Å². The topological polar surface area (TPSA) is 46.6 Å². The Bertz CT molecular complexity index is 612. The maximum Gasteiger partial charge on any atom is 0.221 e. The summed E-state index contributed by atoms with van der Waals surface area (Å²) in [6.07, 6.45) is 2.57. The van der Waals surface area contributed by atoms with Crippen LogP contribution in [0.1, 0.15) is 43.9 Å². The van der Waals surface area contributed by atoms with E-state index in [-0.39, 0.29) is 10.9 Å². The van der Waals surface area contributed by atoms with Crippen molar-refractivity contribution in [2.45, 2.75) is 44.0 Å². The molecule has 1 aromatic carbocycles. The van der Waals surface area contributed by atoms with E-state index in [9.17, 15) is 8.42 Å². The van der Waals surface area contributed by atoms with E-state index in [2.05, 4.69) is 13.8 Å². The maximum atomic E-state index is 12.8. The Morgan fingerprint density at radius 2 is 1.95 bits per heavy atom.